The Morgan fingerprint density at radius 1 is 1.06 bits per heavy atom. The molecular weight excluding hydrogens is 420 g/mol. The lowest BCUT2D eigenvalue weighted by atomic mass is 10.0. The molecule has 33 heavy (non-hydrogen) atoms. The molecule has 3 aromatic carbocycles. The van der Waals surface area contributed by atoms with Crippen molar-refractivity contribution in [1.29, 1.82) is 0 Å². The van der Waals surface area contributed by atoms with Gasteiger partial charge in [0.1, 0.15) is 12.4 Å². The molecule has 166 valence electrons. The highest BCUT2D eigenvalue weighted by Gasteiger charge is 2.24. The third-order valence-corrected chi connectivity index (χ3v) is 5.13. The first-order chi connectivity index (χ1) is 15.9. The first-order valence-electron chi connectivity index (χ1n) is 10.5. The minimum atomic E-state index is -0.513. The summed E-state index contributed by atoms with van der Waals surface area (Å²) < 4.78 is 11.1. The molecular formula is C26H22N2O5. The van der Waals surface area contributed by atoms with Crippen LogP contribution in [0.1, 0.15) is 42.0 Å². The predicted octanol–water partition coefficient (Wildman–Crippen LogP) is 5.64. The highest BCUT2D eigenvalue weighted by Crippen LogP contribution is 2.23. The zero-order valence-corrected chi connectivity index (χ0v) is 18.2. The van der Waals surface area contributed by atoms with Gasteiger partial charge in [-0.25, -0.2) is 9.79 Å². The van der Waals surface area contributed by atoms with E-state index >= 15 is 0 Å². The van der Waals surface area contributed by atoms with Crippen LogP contribution in [-0.2, 0) is 16.1 Å². The first kappa shape index (κ1) is 22.0. The molecule has 0 fully saturated rings. The van der Waals surface area contributed by atoms with Crippen molar-refractivity contribution in [3.63, 3.8) is 0 Å². The van der Waals surface area contributed by atoms with Gasteiger partial charge in [-0.05, 0) is 52.9 Å². The van der Waals surface area contributed by atoms with Crippen LogP contribution in [0.4, 0.5) is 5.69 Å². The van der Waals surface area contributed by atoms with Gasteiger partial charge in [0.2, 0.25) is 5.90 Å². The van der Waals surface area contributed by atoms with Gasteiger partial charge >= 0.3 is 5.97 Å². The molecule has 0 N–H and O–H groups in total. The van der Waals surface area contributed by atoms with Gasteiger partial charge in [-0.2, -0.15) is 0 Å². The minimum absolute atomic E-state index is 0.0156. The summed E-state index contributed by atoms with van der Waals surface area (Å²) in [5.41, 5.74) is 3.56. The molecule has 0 bridgehead atoms. The Kier molecular flexibility index (Phi) is 6.31. The minimum Gasteiger partial charge on any atom is -0.489 e. The van der Waals surface area contributed by atoms with E-state index < -0.39 is 10.9 Å². The molecule has 0 unspecified atom stereocenters. The van der Waals surface area contributed by atoms with Crippen LogP contribution in [-0.4, -0.2) is 16.8 Å². The zero-order valence-electron chi connectivity index (χ0n) is 18.2. The maximum atomic E-state index is 12.3. The summed E-state index contributed by atoms with van der Waals surface area (Å²) in [4.78, 5) is 27.2. The van der Waals surface area contributed by atoms with E-state index in [2.05, 4.69) is 18.8 Å². The number of benzene rings is 3. The highest BCUT2D eigenvalue weighted by atomic mass is 16.6. The van der Waals surface area contributed by atoms with E-state index in [1.165, 1.54) is 17.7 Å². The van der Waals surface area contributed by atoms with Crippen LogP contribution >= 0.6 is 0 Å². The first-order valence-corrected chi connectivity index (χ1v) is 10.5. The van der Waals surface area contributed by atoms with Gasteiger partial charge in [0.15, 0.2) is 5.70 Å². The molecule has 0 atom stereocenters. The molecule has 7 nitrogen and oxygen atoms in total. The molecule has 1 aliphatic rings. The standard InChI is InChI=1S/C26H22N2O5/c1-17(2)20-9-11-21(12-10-20)25-27-24(26(29)33-25)15-18-5-4-8-23(14-18)32-16-19-6-3-7-22(13-19)28(30)31/h3-15,17H,16H2,1-2H3/b24-15-. The van der Waals surface area contributed by atoms with Gasteiger partial charge in [0.05, 0.1) is 4.92 Å². The average Bonchev–Trinajstić information content (AvgIpc) is 3.18. The fraction of sp³-hybridized carbons (Fsp3) is 0.154. The maximum absolute atomic E-state index is 12.3. The summed E-state index contributed by atoms with van der Waals surface area (Å²) in [6.07, 6.45) is 1.64. The Bertz CT molecular complexity index is 1260. The van der Waals surface area contributed by atoms with E-state index in [0.717, 1.165) is 11.1 Å². The van der Waals surface area contributed by atoms with Gasteiger partial charge in [-0.15, -0.1) is 0 Å². The van der Waals surface area contributed by atoms with E-state index in [0.29, 0.717) is 17.2 Å². The fourth-order valence-corrected chi connectivity index (χ4v) is 3.32. The number of nitro groups is 1. The third kappa shape index (κ3) is 5.33. The molecule has 0 saturated heterocycles. The molecule has 3 aromatic rings. The number of rotatable bonds is 7. The second-order valence-corrected chi connectivity index (χ2v) is 7.90. The average molecular weight is 442 g/mol. The van der Waals surface area contributed by atoms with Gasteiger partial charge in [-0.3, -0.25) is 10.1 Å². The maximum Gasteiger partial charge on any atom is 0.363 e. The molecule has 0 radical (unpaired) electrons. The number of hydrogen-bond donors (Lipinski definition) is 0. The third-order valence-electron chi connectivity index (χ3n) is 5.13. The monoisotopic (exact) mass is 442 g/mol. The molecule has 0 saturated carbocycles. The Balaban J connectivity index is 1.48. The molecule has 1 heterocycles. The van der Waals surface area contributed by atoms with E-state index in [9.17, 15) is 14.9 Å². The summed E-state index contributed by atoms with van der Waals surface area (Å²) in [5, 5.41) is 10.9. The van der Waals surface area contributed by atoms with Crippen molar-refractivity contribution in [2.24, 2.45) is 4.99 Å². The summed E-state index contributed by atoms with van der Waals surface area (Å²) >= 11 is 0. The smallest absolute Gasteiger partial charge is 0.363 e. The summed E-state index contributed by atoms with van der Waals surface area (Å²) in [6.45, 7) is 4.41. The Morgan fingerprint density at radius 3 is 2.55 bits per heavy atom. The number of carbonyl (C=O) groups excluding carboxylic acids is 1. The van der Waals surface area contributed by atoms with E-state index in [1.807, 2.05) is 30.3 Å². The van der Waals surface area contributed by atoms with Crippen molar-refractivity contribution in [3.05, 3.63) is 111 Å². The van der Waals surface area contributed by atoms with Gasteiger partial charge < -0.3 is 9.47 Å². The van der Waals surface area contributed by atoms with Crippen molar-refractivity contribution in [2.75, 3.05) is 0 Å². The second-order valence-electron chi connectivity index (χ2n) is 7.90. The lowest BCUT2D eigenvalue weighted by Crippen LogP contribution is -2.05. The molecule has 1 aliphatic heterocycles. The fourth-order valence-electron chi connectivity index (χ4n) is 3.32. The largest absolute Gasteiger partial charge is 0.489 e. The van der Waals surface area contributed by atoms with Crippen LogP contribution < -0.4 is 4.74 Å². The summed E-state index contributed by atoms with van der Waals surface area (Å²) in [7, 11) is 0. The number of nitro benzene ring substituents is 1. The van der Waals surface area contributed by atoms with Crippen LogP contribution in [0.5, 0.6) is 5.75 Å². The predicted molar refractivity (Wildman–Crippen MR) is 125 cm³/mol. The lowest BCUT2D eigenvalue weighted by Gasteiger charge is -2.07. The van der Waals surface area contributed by atoms with E-state index in [-0.39, 0.29) is 23.9 Å². The number of hydrogen-bond acceptors (Lipinski definition) is 6. The Morgan fingerprint density at radius 2 is 1.82 bits per heavy atom. The molecule has 4 rings (SSSR count). The van der Waals surface area contributed by atoms with Crippen molar-refractivity contribution in [3.8, 4) is 5.75 Å². The van der Waals surface area contributed by atoms with Crippen LogP contribution in [0.25, 0.3) is 6.08 Å². The summed E-state index contributed by atoms with van der Waals surface area (Å²) in [6, 6.07) is 21.2. The van der Waals surface area contributed by atoms with Crippen LogP contribution in [0.2, 0.25) is 0 Å². The number of cyclic esters (lactones) is 1. The van der Waals surface area contributed by atoms with Gasteiger partial charge in [0.25, 0.3) is 5.69 Å². The number of non-ortho nitro benzene ring substituents is 1. The SMILES string of the molecule is CC(C)c1ccc(C2=N/C(=C\c3cccc(OCc4cccc([N+](=O)[O-])c4)c3)C(=O)O2)cc1. The Labute approximate surface area is 191 Å². The molecule has 0 spiro atoms. The highest BCUT2D eigenvalue weighted by molar-refractivity contribution is 6.12. The molecule has 7 heteroatoms. The van der Waals surface area contributed by atoms with Crippen LogP contribution in [0.15, 0.2) is 83.5 Å². The zero-order chi connectivity index (χ0) is 23.4. The van der Waals surface area contributed by atoms with Crippen molar-refractivity contribution < 1.29 is 19.2 Å². The molecule has 0 aliphatic carbocycles. The van der Waals surface area contributed by atoms with Crippen LogP contribution in [0.3, 0.4) is 0 Å². The van der Waals surface area contributed by atoms with E-state index in [1.54, 1.807) is 36.4 Å². The molecule has 0 aromatic heterocycles. The van der Waals surface area contributed by atoms with Crippen molar-refractivity contribution >= 4 is 23.6 Å². The van der Waals surface area contributed by atoms with E-state index in [4.69, 9.17) is 9.47 Å². The normalized spacial score (nSPS) is 14.3. The van der Waals surface area contributed by atoms with Gasteiger partial charge in [-0.1, -0.05) is 50.2 Å². The number of esters is 1. The Hall–Kier alpha value is -4.26. The number of aliphatic imine (C=N–C) groups is 1. The van der Waals surface area contributed by atoms with Crippen molar-refractivity contribution in [2.45, 2.75) is 26.4 Å². The topological polar surface area (TPSA) is 91.0 Å². The summed E-state index contributed by atoms with van der Waals surface area (Å²) in [5.74, 6) is 0.741. The van der Waals surface area contributed by atoms with Gasteiger partial charge in [0, 0.05) is 17.7 Å². The molecule has 0 amide bonds. The number of carbonyl (C=O) groups is 1. The second kappa shape index (κ2) is 9.48. The van der Waals surface area contributed by atoms with Crippen molar-refractivity contribution in [1.82, 2.24) is 0 Å². The quantitative estimate of drug-likeness (QED) is 0.204. The van der Waals surface area contributed by atoms with Crippen LogP contribution in [0, 0.1) is 10.1 Å². The number of ether oxygens (including phenoxy) is 2. The lowest BCUT2D eigenvalue weighted by molar-refractivity contribution is -0.384. The number of nitrogens with zero attached hydrogens (tertiary/aromatic N) is 2.